The van der Waals surface area contributed by atoms with Gasteiger partial charge in [-0.05, 0) is 58.6 Å². The summed E-state index contributed by atoms with van der Waals surface area (Å²) in [6.07, 6.45) is 2.90. The van der Waals surface area contributed by atoms with Crippen molar-refractivity contribution in [1.29, 1.82) is 0 Å². The lowest BCUT2D eigenvalue weighted by molar-refractivity contribution is -0.138. The normalized spacial score (nSPS) is 20.0. The van der Waals surface area contributed by atoms with Crippen molar-refractivity contribution in [2.75, 3.05) is 13.1 Å². The van der Waals surface area contributed by atoms with E-state index in [1.54, 1.807) is 21.9 Å². The van der Waals surface area contributed by atoms with Gasteiger partial charge in [-0.1, -0.05) is 17.7 Å². The number of hydrogen-bond donors (Lipinski definition) is 0. The quantitative estimate of drug-likeness (QED) is 0.727. The Morgan fingerprint density at radius 3 is 2.61 bits per heavy atom. The fraction of sp³-hybridized carbons (Fsp3) is 0.619. The fourth-order valence-corrected chi connectivity index (χ4v) is 3.76. The van der Waals surface area contributed by atoms with E-state index in [2.05, 4.69) is 0 Å². The maximum absolute atomic E-state index is 14.2. The van der Waals surface area contributed by atoms with Gasteiger partial charge in [-0.3, -0.25) is 4.79 Å². The van der Waals surface area contributed by atoms with Gasteiger partial charge in [-0.15, -0.1) is 0 Å². The average molecular weight is 411 g/mol. The number of halogens is 2. The second-order valence-electron chi connectivity index (χ2n) is 8.66. The number of carbonyl (C=O) groups is 2. The molecule has 1 aliphatic carbocycles. The molecule has 0 spiro atoms. The van der Waals surface area contributed by atoms with Crippen molar-refractivity contribution in [3.05, 3.63) is 34.6 Å². The van der Waals surface area contributed by atoms with Crippen LogP contribution < -0.4 is 0 Å². The first kappa shape index (κ1) is 20.9. The number of ether oxygens (including phenoxy) is 1. The van der Waals surface area contributed by atoms with Crippen molar-refractivity contribution in [3.63, 3.8) is 0 Å². The summed E-state index contributed by atoms with van der Waals surface area (Å²) in [5.74, 6) is -0.729. The zero-order chi connectivity index (χ0) is 20.5. The Balaban J connectivity index is 1.70. The highest BCUT2D eigenvalue weighted by Gasteiger charge is 2.39. The SMILES string of the molecule is CC(C)(C)OC(=O)N1CCCC(C(=O)N(Cc2c(F)cccc2Cl)C2CC2)C1. The van der Waals surface area contributed by atoms with Crippen LogP contribution in [-0.4, -0.2) is 46.5 Å². The smallest absolute Gasteiger partial charge is 0.410 e. The van der Waals surface area contributed by atoms with E-state index in [1.165, 1.54) is 6.07 Å². The van der Waals surface area contributed by atoms with E-state index in [-0.39, 0.29) is 30.5 Å². The van der Waals surface area contributed by atoms with Crippen molar-refractivity contribution in [3.8, 4) is 0 Å². The van der Waals surface area contributed by atoms with Gasteiger partial charge in [0.15, 0.2) is 0 Å². The number of carbonyl (C=O) groups excluding carboxylic acids is 2. The highest BCUT2D eigenvalue weighted by Crippen LogP contribution is 2.33. The van der Waals surface area contributed by atoms with Crippen LogP contribution >= 0.6 is 11.6 Å². The van der Waals surface area contributed by atoms with Crippen LogP contribution in [-0.2, 0) is 16.1 Å². The van der Waals surface area contributed by atoms with E-state index in [1.807, 2.05) is 20.8 Å². The molecule has 0 aromatic heterocycles. The fourth-order valence-electron chi connectivity index (χ4n) is 3.53. The molecule has 28 heavy (non-hydrogen) atoms. The van der Waals surface area contributed by atoms with Gasteiger partial charge in [0, 0.05) is 29.7 Å². The van der Waals surface area contributed by atoms with Crippen LogP contribution in [0.2, 0.25) is 5.02 Å². The van der Waals surface area contributed by atoms with E-state index in [0.29, 0.717) is 30.1 Å². The molecule has 1 atom stereocenters. The van der Waals surface area contributed by atoms with Gasteiger partial charge < -0.3 is 14.5 Å². The molecule has 154 valence electrons. The maximum Gasteiger partial charge on any atom is 0.410 e. The van der Waals surface area contributed by atoms with Gasteiger partial charge in [0.1, 0.15) is 11.4 Å². The van der Waals surface area contributed by atoms with Crippen molar-refractivity contribution in [2.45, 2.75) is 64.6 Å². The molecule has 5 nitrogen and oxygen atoms in total. The van der Waals surface area contributed by atoms with Gasteiger partial charge in [-0.25, -0.2) is 9.18 Å². The van der Waals surface area contributed by atoms with Crippen molar-refractivity contribution < 1.29 is 18.7 Å². The third-order valence-electron chi connectivity index (χ3n) is 5.08. The molecular formula is C21H28ClFN2O3. The summed E-state index contributed by atoms with van der Waals surface area (Å²) in [7, 11) is 0. The van der Waals surface area contributed by atoms with Crippen LogP contribution in [0.1, 0.15) is 52.0 Å². The highest BCUT2D eigenvalue weighted by molar-refractivity contribution is 6.31. The lowest BCUT2D eigenvalue weighted by atomic mass is 9.96. The first-order chi connectivity index (χ1) is 13.2. The van der Waals surface area contributed by atoms with Gasteiger partial charge in [0.05, 0.1) is 12.5 Å². The Hall–Kier alpha value is -1.82. The largest absolute Gasteiger partial charge is 0.444 e. The number of nitrogens with zero attached hydrogens (tertiary/aromatic N) is 2. The second-order valence-corrected chi connectivity index (χ2v) is 9.07. The summed E-state index contributed by atoms with van der Waals surface area (Å²) in [5.41, 5.74) is -0.223. The van der Waals surface area contributed by atoms with Crippen molar-refractivity contribution >= 4 is 23.6 Å². The summed E-state index contributed by atoms with van der Waals surface area (Å²) in [6.45, 7) is 6.56. The summed E-state index contributed by atoms with van der Waals surface area (Å²) in [5, 5.41) is 0.331. The van der Waals surface area contributed by atoms with Crippen LogP contribution in [0.4, 0.5) is 9.18 Å². The molecule has 2 amide bonds. The summed E-state index contributed by atoms with van der Waals surface area (Å²) < 4.78 is 19.7. The Bertz CT molecular complexity index is 725. The topological polar surface area (TPSA) is 49.9 Å². The molecule has 0 N–H and O–H groups in total. The molecule has 1 saturated heterocycles. The molecule has 1 unspecified atom stereocenters. The van der Waals surface area contributed by atoms with Crippen LogP contribution in [0.3, 0.4) is 0 Å². The highest BCUT2D eigenvalue weighted by atomic mass is 35.5. The van der Waals surface area contributed by atoms with Gasteiger partial charge >= 0.3 is 6.09 Å². The third kappa shape index (κ3) is 5.16. The lowest BCUT2D eigenvalue weighted by Crippen LogP contribution is -2.48. The molecule has 1 saturated carbocycles. The number of likely N-dealkylation sites (tertiary alicyclic amines) is 1. The van der Waals surface area contributed by atoms with E-state index >= 15 is 0 Å². The minimum atomic E-state index is -0.574. The number of piperidine rings is 1. The summed E-state index contributed by atoms with van der Waals surface area (Å²) in [4.78, 5) is 29.0. The lowest BCUT2D eigenvalue weighted by Gasteiger charge is -2.36. The predicted octanol–water partition coefficient (Wildman–Crippen LogP) is 4.62. The van der Waals surface area contributed by atoms with Gasteiger partial charge in [0.2, 0.25) is 5.91 Å². The van der Waals surface area contributed by atoms with Crippen LogP contribution in [0.15, 0.2) is 18.2 Å². The third-order valence-corrected chi connectivity index (χ3v) is 5.44. The Labute approximate surface area is 170 Å². The minimum absolute atomic E-state index is 0.0323. The molecule has 2 fully saturated rings. The molecular weight excluding hydrogens is 383 g/mol. The second kappa shape index (κ2) is 8.27. The molecule has 0 bridgehead atoms. The molecule has 1 aromatic rings. The van der Waals surface area contributed by atoms with E-state index in [9.17, 15) is 14.0 Å². The number of rotatable bonds is 4. The molecule has 1 heterocycles. The number of hydrogen-bond acceptors (Lipinski definition) is 3. The Kier molecular flexibility index (Phi) is 6.18. The van der Waals surface area contributed by atoms with Crippen LogP contribution in [0, 0.1) is 11.7 Å². The zero-order valence-corrected chi connectivity index (χ0v) is 17.5. The summed E-state index contributed by atoms with van der Waals surface area (Å²) in [6, 6.07) is 4.69. The molecule has 1 aromatic carbocycles. The van der Waals surface area contributed by atoms with Crippen LogP contribution in [0.5, 0.6) is 0 Å². The molecule has 2 aliphatic rings. The molecule has 7 heteroatoms. The first-order valence-corrected chi connectivity index (χ1v) is 10.2. The van der Waals surface area contributed by atoms with E-state index in [4.69, 9.17) is 16.3 Å². The standard InChI is InChI=1S/C21H28ClFN2O3/c1-21(2,3)28-20(27)24-11-5-6-14(12-24)19(26)25(15-9-10-15)13-16-17(22)7-4-8-18(16)23/h4,7-8,14-15H,5-6,9-13H2,1-3H3. The minimum Gasteiger partial charge on any atom is -0.444 e. The van der Waals surface area contributed by atoms with Crippen LogP contribution in [0.25, 0.3) is 0 Å². The zero-order valence-electron chi connectivity index (χ0n) is 16.7. The van der Waals surface area contributed by atoms with Gasteiger partial charge in [-0.2, -0.15) is 0 Å². The molecule has 1 aliphatic heterocycles. The maximum atomic E-state index is 14.2. The average Bonchev–Trinajstić information content (AvgIpc) is 3.45. The first-order valence-electron chi connectivity index (χ1n) is 9.87. The van der Waals surface area contributed by atoms with Crippen molar-refractivity contribution in [2.24, 2.45) is 5.92 Å². The number of benzene rings is 1. The van der Waals surface area contributed by atoms with Gasteiger partial charge in [0.25, 0.3) is 0 Å². The van der Waals surface area contributed by atoms with Crippen molar-refractivity contribution in [1.82, 2.24) is 9.80 Å². The monoisotopic (exact) mass is 410 g/mol. The predicted molar refractivity (Wildman–Crippen MR) is 106 cm³/mol. The van der Waals surface area contributed by atoms with E-state index < -0.39 is 11.4 Å². The van der Waals surface area contributed by atoms with E-state index in [0.717, 1.165) is 19.3 Å². The Morgan fingerprint density at radius 2 is 2.00 bits per heavy atom. The number of amides is 2. The Morgan fingerprint density at radius 1 is 1.29 bits per heavy atom. The summed E-state index contributed by atoms with van der Waals surface area (Å²) >= 11 is 6.17. The molecule has 0 radical (unpaired) electrons. The molecule has 3 rings (SSSR count).